The standard InChI is InChI=1S/C22H27ClN4O5/c23-18-6-2-1-5-17(18)20-14-19(25-32-20)22(29)26(15-16-4-3-11-31-16)8-7-21(28)24-27-9-12-30-13-10-27/h1-2,5-6,14,16H,3-4,7-13,15H2,(H,24,28)/t16-/m1/s1. The number of nitrogens with zero attached hydrogens (tertiary/aromatic N) is 3. The zero-order chi connectivity index (χ0) is 22.3. The molecule has 10 heteroatoms. The van der Waals surface area contributed by atoms with E-state index in [0.29, 0.717) is 55.8 Å². The van der Waals surface area contributed by atoms with Gasteiger partial charge < -0.3 is 18.9 Å². The molecule has 0 spiro atoms. The van der Waals surface area contributed by atoms with Crippen molar-refractivity contribution in [2.24, 2.45) is 0 Å². The number of hydrogen-bond acceptors (Lipinski definition) is 7. The summed E-state index contributed by atoms with van der Waals surface area (Å²) in [5.74, 6) is -0.0308. The molecule has 0 saturated carbocycles. The Labute approximate surface area is 191 Å². The molecule has 1 aromatic carbocycles. The van der Waals surface area contributed by atoms with E-state index in [2.05, 4.69) is 10.6 Å². The van der Waals surface area contributed by atoms with Crippen LogP contribution in [0.4, 0.5) is 0 Å². The number of nitrogens with one attached hydrogen (secondary N) is 1. The maximum absolute atomic E-state index is 13.2. The van der Waals surface area contributed by atoms with E-state index in [4.69, 9.17) is 25.6 Å². The maximum atomic E-state index is 13.2. The smallest absolute Gasteiger partial charge is 0.276 e. The van der Waals surface area contributed by atoms with Crippen molar-refractivity contribution < 1.29 is 23.6 Å². The maximum Gasteiger partial charge on any atom is 0.276 e. The van der Waals surface area contributed by atoms with Crippen LogP contribution >= 0.6 is 11.6 Å². The highest BCUT2D eigenvalue weighted by Gasteiger charge is 2.26. The van der Waals surface area contributed by atoms with Gasteiger partial charge in [0.05, 0.1) is 24.3 Å². The van der Waals surface area contributed by atoms with Crippen LogP contribution in [0, 0.1) is 0 Å². The fraction of sp³-hybridized carbons (Fsp3) is 0.500. The largest absolute Gasteiger partial charge is 0.379 e. The van der Waals surface area contributed by atoms with Crippen molar-refractivity contribution in [2.45, 2.75) is 25.4 Å². The Morgan fingerprint density at radius 2 is 2.03 bits per heavy atom. The van der Waals surface area contributed by atoms with E-state index in [1.165, 1.54) is 0 Å². The molecule has 32 heavy (non-hydrogen) atoms. The van der Waals surface area contributed by atoms with Crippen LogP contribution in [0.5, 0.6) is 0 Å². The SMILES string of the molecule is O=C(CCN(C[C@H]1CCCO1)C(=O)c1cc(-c2ccccc2Cl)on1)NN1CCOCC1. The zero-order valence-corrected chi connectivity index (χ0v) is 18.6. The summed E-state index contributed by atoms with van der Waals surface area (Å²) in [6.07, 6.45) is 1.97. The van der Waals surface area contributed by atoms with Crippen molar-refractivity contribution in [3.63, 3.8) is 0 Å². The summed E-state index contributed by atoms with van der Waals surface area (Å²) in [6, 6.07) is 8.79. The lowest BCUT2D eigenvalue weighted by molar-refractivity contribution is -0.128. The van der Waals surface area contributed by atoms with E-state index in [9.17, 15) is 9.59 Å². The molecule has 2 aromatic rings. The first-order chi connectivity index (χ1) is 15.6. The number of carbonyl (C=O) groups excluding carboxylic acids is 2. The summed E-state index contributed by atoms with van der Waals surface area (Å²) in [5, 5.41) is 6.31. The Kier molecular flexibility index (Phi) is 7.75. The van der Waals surface area contributed by atoms with Gasteiger partial charge in [0.25, 0.3) is 5.91 Å². The number of morpholine rings is 1. The Morgan fingerprint density at radius 3 is 2.78 bits per heavy atom. The van der Waals surface area contributed by atoms with E-state index in [0.717, 1.165) is 12.8 Å². The van der Waals surface area contributed by atoms with Crippen LogP contribution in [0.3, 0.4) is 0 Å². The highest BCUT2D eigenvalue weighted by atomic mass is 35.5. The van der Waals surface area contributed by atoms with Crippen LogP contribution in [0.2, 0.25) is 5.02 Å². The van der Waals surface area contributed by atoms with Gasteiger partial charge in [-0.25, -0.2) is 5.01 Å². The molecule has 2 fully saturated rings. The first-order valence-electron chi connectivity index (χ1n) is 10.8. The molecule has 9 nitrogen and oxygen atoms in total. The lowest BCUT2D eigenvalue weighted by Gasteiger charge is -2.28. The quantitative estimate of drug-likeness (QED) is 0.643. The molecule has 0 aliphatic carbocycles. The third-order valence-electron chi connectivity index (χ3n) is 5.51. The van der Waals surface area contributed by atoms with Crippen LogP contribution in [-0.2, 0) is 14.3 Å². The summed E-state index contributed by atoms with van der Waals surface area (Å²) < 4.78 is 16.4. The minimum atomic E-state index is -0.304. The number of benzene rings is 1. The predicted molar refractivity (Wildman–Crippen MR) is 117 cm³/mol. The lowest BCUT2D eigenvalue weighted by atomic mass is 10.1. The average molecular weight is 463 g/mol. The molecule has 0 radical (unpaired) electrons. The van der Waals surface area contributed by atoms with Gasteiger partial charge in [-0.05, 0) is 25.0 Å². The molecule has 1 aromatic heterocycles. The first-order valence-corrected chi connectivity index (χ1v) is 11.2. The molecule has 172 valence electrons. The van der Waals surface area contributed by atoms with Crippen LogP contribution in [-0.4, -0.2) is 79.0 Å². The molecule has 1 atom stereocenters. The predicted octanol–water partition coefficient (Wildman–Crippen LogP) is 2.37. The molecular formula is C22H27ClN4O5. The van der Waals surface area contributed by atoms with Gasteiger partial charge in [0.15, 0.2) is 11.5 Å². The minimum absolute atomic E-state index is 0.0452. The fourth-order valence-corrected chi connectivity index (χ4v) is 4.01. The van der Waals surface area contributed by atoms with Crippen LogP contribution in [0.1, 0.15) is 29.8 Å². The molecule has 2 aliphatic rings. The Hall–Kier alpha value is -2.46. The Morgan fingerprint density at radius 1 is 1.22 bits per heavy atom. The molecule has 2 saturated heterocycles. The van der Waals surface area contributed by atoms with Gasteiger partial charge in [-0.2, -0.15) is 0 Å². The van der Waals surface area contributed by atoms with Crippen LogP contribution in [0.15, 0.2) is 34.9 Å². The molecule has 0 bridgehead atoms. The minimum Gasteiger partial charge on any atom is -0.379 e. The van der Waals surface area contributed by atoms with Crippen molar-refractivity contribution in [1.29, 1.82) is 0 Å². The number of aromatic nitrogens is 1. The lowest BCUT2D eigenvalue weighted by Crippen LogP contribution is -2.49. The van der Waals surface area contributed by atoms with Crippen molar-refractivity contribution in [1.82, 2.24) is 20.5 Å². The summed E-state index contributed by atoms with van der Waals surface area (Å²) in [4.78, 5) is 27.3. The number of ether oxygens (including phenoxy) is 2. The second kappa shape index (κ2) is 10.9. The summed E-state index contributed by atoms with van der Waals surface area (Å²) >= 11 is 6.23. The molecule has 4 rings (SSSR count). The number of amides is 2. The number of halogens is 1. The molecule has 2 amide bonds. The number of hydrogen-bond donors (Lipinski definition) is 1. The van der Waals surface area contributed by atoms with Gasteiger partial charge in [0.2, 0.25) is 5.91 Å². The number of hydrazine groups is 1. The van der Waals surface area contributed by atoms with Crippen molar-refractivity contribution in [3.8, 4) is 11.3 Å². The second-order valence-electron chi connectivity index (χ2n) is 7.83. The second-order valence-corrected chi connectivity index (χ2v) is 8.23. The van der Waals surface area contributed by atoms with Gasteiger partial charge in [0, 0.05) is 50.8 Å². The Balaban J connectivity index is 1.41. The van der Waals surface area contributed by atoms with Crippen molar-refractivity contribution in [2.75, 3.05) is 46.0 Å². The molecule has 3 heterocycles. The topological polar surface area (TPSA) is 97.1 Å². The fourth-order valence-electron chi connectivity index (χ4n) is 3.78. The molecule has 0 unspecified atom stereocenters. The third kappa shape index (κ3) is 5.86. The monoisotopic (exact) mass is 462 g/mol. The average Bonchev–Trinajstić information content (AvgIpc) is 3.49. The van der Waals surface area contributed by atoms with Crippen molar-refractivity contribution >= 4 is 23.4 Å². The van der Waals surface area contributed by atoms with E-state index in [1.54, 1.807) is 23.1 Å². The van der Waals surface area contributed by atoms with E-state index in [1.807, 2.05) is 17.1 Å². The van der Waals surface area contributed by atoms with Gasteiger partial charge in [-0.15, -0.1) is 0 Å². The van der Waals surface area contributed by atoms with Gasteiger partial charge >= 0.3 is 0 Å². The third-order valence-corrected chi connectivity index (χ3v) is 5.84. The molecule has 1 N–H and O–H groups in total. The number of carbonyl (C=O) groups is 2. The summed E-state index contributed by atoms with van der Waals surface area (Å²) in [7, 11) is 0. The molecule has 2 aliphatic heterocycles. The van der Waals surface area contributed by atoms with Crippen LogP contribution < -0.4 is 5.43 Å². The highest BCUT2D eigenvalue weighted by Crippen LogP contribution is 2.28. The normalized spacial score (nSPS) is 19.1. The van der Waals surface area contributed by atoms with Crippen molar-refractivity contribution in [3.05, 3.63) is 41.0 Å². The summed E-state index contributed by atoms with van der Waals surface area (Å²) in [5.41, 5.74) is 3.71. The van der Waals surface area contributed by atoms with E-state index in [-0.39, 0.29) is 36.6 Å². The zero-order valence-electron chi connectivity index (χ0n) is 17.8. The first kappa shape index (κ1) is 22.7. The van der Waals surface area contributed by atoms with Gasteiger partial charge in [-0.3, -0.25) is 15.0 Å². The van der Waals surface area contributed by atoms with Gasteiger partial charge in [0.1, 0.15) is 0 Å². The number of rotatable bonds is 8. The highest BCUT2D eigenvalue weighted by molar-refractivity contribution is 6.33. The Bertz CT molecular complexity index is 925. The van der Waals surface area contributed by atoms with Crippen LogP contribution in [0.25, 0.3) is 11.3 Å². The van der Waals surface area contributed by atoms with E-state index < -0.39 is 0 Å². The van der Waals surface area contributed by atoms with E-state index >= 15 is 0 Å². The van der Waals surface area contributed by atoms with Gasteiger partial charge in [-0.1, -0.05) is 28.9 Å². The summed E-state index contributed by atoms with van der Waals surface area (Å²) in [6.45, 7) is 3.81. The molecular weight excluding hydrogens is 436 g/mol.